The number of benzene rings is 1. The second-order valence-corrected chi connectivity index (χ2v) is 10.2. The van der Waals surface area contributed by atoms with E-state index in [9.17, 15) is 9.59 Å². The molecule has 3 aliphatic rings. The summed E-state index contributed by atoms with van der Waals surface area (Å²) in [4.78, 5) is 30.7. The number of carbonyl (C=O) groups excluding carboxylic acids is 2. The molecule has 4 heterocycles. The van der Waals surface area contributed by atoms with Crippen LogP contribution in [-0.4, -0.2) is 65.1 Å². The number of furan rings is 1. The summed E-state index contributed by atoms with van der Waals surface area (Å²) in [6.07, 6.45) is 8.63. The van der Waals surface area contributed by atoms with Gasteiger partial charge in [-0.2, -0.15) is 5.10 Å². The van der Waals surface area contributed by atoms with Crippen LogP contribution in [0.4, 0.5) is 0 Å². The Balaban J connectivity index is 1.21. The lowest BCUT2D eigenvalue weighted by molar-refractivity contribution is -0.138. The third-order valence-corrected chi connectivity index (χ3v) is 7.64. The number of hydrogen-bond acceptors (Lipinski definition) is 5. The molecule has 2 amide bonds. The number of aryl methyl sites for hydroxylation is 1. The first kappa shape index (κ1) is 23.8. The molecule has 7 nitrogen and oxygen atoms in total. The lowest BCUT2D eigenvalue weighted by Crippen LogP contribution is -2.45. The zero-order valence-electron chi connectivity index (χ0n) is 20.7. The molecule has 0 unspecified atom stereocenters. The van der Waals surface area contributed by atoms with Crippen molar-refractivity contribution in [2.75, 3.05) is 32.7 Å². The van der Waals surface area contributed by atoms with E-state index in [0.29, 0.717) is 18.9 Å². The number of nitrogens with zero attached hydrogens (tertiary/aromatic N) is 4. The van der Waals surface area contributed by atoms with Crippen molar-refractivity contribution in [1.29, 1.82) is 0 Å². The van der Waals surface area contributed by atoms with Crippen molar-refractivity contribution < 1.29 is 14.0 Å². The molecule has 2 saturated heterocycles. The minimum absolute atomic E-state index is 0.0224. The smallest absolute Gasteiger partial charge is 0.257 e. The standard InChI is InChI=1S/C28H36N4O3/c1-21-8-10-22(11-9-21)24-19-25(26-7-6-18-35-26)32(29-24)27(33)20-30-16-12-23(13-17-30)28(34)31-14-4-2-3-5-15-31/h6-11,18,23,25H,2-5,12-17,19-20H2,1H3/t25-/m1/s1. The number of likely N-dealkylation sites (tertiary alicyclic amines) is 2. The third kappa shape index (κ3) is 5.50. The lowest BCUT2D eigenvalue weighted by atomic mass is 9.95. The zero-order valence-corrected chi connectivity index (χ0v) is 20.7. The number of carbonyl (C=O) groups is 2. The summed E-state index contributed by atoms with van der Waals surface area (Å²) in [5, 5.41) is 6.37. The van der Waals surface area contributed by atoms with Crippen molar-refractivity contribution in [3.05, 3.63) is 59.5 Å². The quantitative estimate of drug-likeness (QED) is 0.642. The van der Waals surface area contributed by atoms with Gasteiger partial charge in [0.25, 0.3) is 5.91 Å². The van der Waals surface area contributed by atoms with E-state index < -0.39 is 0 Å². The van der Waals surface area contributed by atoms with E-state index in [-0.39, 0.29) is 17.9 Å². The van der Waals surface area contributed by atoms with Crippen LogP contribution in [0.25, 0.3) is 0 Å². The highest BCUT2D eigenvalue weighted by molar-refractivity contribution is 6.03. The Labute approximate surface area is 207 Å². The molecule has 2 aromatic rings. The molecule has 5 rings (SSSR count). The molecular weight excluding hydrogens is 440 g/mol. The second kappa shape index (κ2) is 10.8. The highest BCUT2D eigenvalue weighted by atomic mass is 16.3. The Morgan fingerprint density at radius 2 is 1.69 bits per heavy atom. The van der Waals surface area contributed by atoms with Crippen LogP contribution in [0, 0.1) is 12.8 Å². The molecule has 0 saturated carbocycles. The molecular formula is C28H36N4O3. The number of piperidine rings is 1. The minimum atomic E-state index is -0.226. The maximum atomic E-state index is 13.4. The third-order valence-electron chi connectivity index (χ3n) is 7.64. The minimum Gasteiger partial charge on any atom is -0.467 e. The van der Waals surface area contributed by atoms with Crippen molar-refractivity contribution in [3.63, 3.8) is 0 Å². The fourth-order valence-corrected chi connectivity index (χ4v) is 5.51. The van der Waals surface area contributed by atoms with Gasteiger partial charge in [-0.3, -0.25) is 14.5 Å². The van der Waals surface area contributed by atoms with Crippen molar-refractivity contribution in [1.82, 2.24) is 14.8 Å². The van der Waals surface area contributed by atoms with Crippen molar-refractivity contribution in [3.8, 4) is 0 Å². The fraction of sp³-hybridized carbons (Fsp3) is 0.536. The van der Waals surface area contributed by atoms with Crippen LogP contribution in [0.3, 0.4) is 0 Å². The molecule has 0 bridgehead atoms. The molecule has 1 aromatic carbocycles. The van der Waals surface area contributed by atoms with Gasteiger partial charge in [-0.1, -0.05) is 42.7 Å². The average Bonchev–Trinajstić information content (AvgIpc) is 3.49. The maximum Gasteiger partial charge on any atom is 0.257 e. The van der Waals surface area contributed by atoms with E-state index in [0.717, 1.165) is 68.9 Å². The SMILES string of the molecule is Cc1ccc(C2=NN(C(=O)CN3CCC(C(=O)N4CCCCCC4)CC3)[C@@H](c3ccco3)C2)cc1. The predicted octanol–water partition coefficient (Wildman–Crippen LogP) is 4.38. The molecule has 3 aliphatic heterocycles. The van der Waals surface area contributed by atoms with Crippen LogP contribution in [0.15, 0.2) is 52.2 Å². The van der Waals surface area contributed by atoms with E-state index in [1.165, 1.54) is 18.4 Å². The largest absolute Gasteiger partial charge is 0.467 e. The molecule has 0 spiro atoms. The van der Waals surface area contributed by atoms with Gasteiger partial charge in [-0.05, 0) is 63.4 Å². The Morgan fingerprint density at radius 1 is 0.971 bits per heavy atom. The molecule has 186 valence electrons. The van der Waals surface area contributed by atoms with Gasteiger partial charge in [0.2, 0.25) is 5.91 Å². The predicted molar refractivity (Wildman–Crippen MR) is 135 cm³/mol. The highest BCUT2D eigenvalue weighted by Crippen LogP contribution is 2.33. The lowest BCUT2D eigenvalue weighted by Gasteiger charge is -2.34. The van der Waals surface area contributed by atoms with Gasteiger partial charge in [0, 0.05) is 25.4 Å². The number of hydrazone groups is 1. The monoisotopic (exact) mass is 476 g/mol. The van der Waals surface area contributed by atoms with Gasteiger partial charge in [-0.15, -0.1) is 0 Å². The zero-order chi connectivity index (χ0) is 24.2. The summed E-state index contributed by atoms with van der Waals surface area (Å²) < 4.78 is 5.68. The molecule has 0 radical (unpaired) electrons. The second-order valence-electron chi connectivity index (χ2n) is 10.2. The Morgan fingerprint density at radius 3 is 2.34 bits per heavy atom. The van der Waals surface area contributed by atoms with Crippen LogP contribution in [-0.2, 0) is 9.59 Å². The summed E-state index contributed by atoms with van der Waals surface area (Å²) in [5.41, 5.74) is 3.14. The van der Waals surface area contributed by atoms with E-state index in [1.807, 2.05) is 12.1 Å². The van der Waals surface area contributed by atoms with Crippen LogP contribution < -0.4 is 0 Å². The summed E-state index contributed by atoms with van der Waals surface area (Å²) in [5.74, 6) is 1.15. The average molecular weight is 477 g/mol. The summed E-state index contributed by atoms with van der Waals surface area (Å²) in [6.45, 7) is 5.72. The summed E-state index contributed by atoms with van der Waals surface area (Å²) >= 11 is 0. The molecule has 7 heteroatoms. The number of hydrogen-bond donors (Lipinski definition) is 0. The number of rotatable bonds is 5. The van der Waals surface area contributed by atoms with Crippen LogP contribution in [0.1, 0.15) is 67.9 Å². The van der Waals surface area contributed by atoms with E-state index in [2.05, 4.69) is 41.0 Å². The van der Waals surface area contributed by atoms with Gasteiger partial charge in [-0.25, -0.2) is 5.01 Å². The summed E-state index contributed by atoms with van der Waals surface area (Å²) in [6, 6.07) is 11.8. The highest BCUT2D eigenvalue weighted by Gasteiger charge is 2.36. The van der Waals surface area contributed by atoms with Crippen LogP contribution in [0.2, 0.25) is 0 Å². The first-order chi connectivity index (χ1) is 17.1. The van der Waals surface area contributed by atoms with Gasteiger partial charge < -0.3 is 9.32 Å². The molecule has 1 atom stereocenters. The Bertz CT molecular complexity index is 1030. The molecule has 35 heavy (non-hydrogen) atoms. The van der Waals surface area contributed by atoms with Crippen molar-refractivity contribution in [2.24, 2.45) is 11.0 Å². The fourth-order valence-electron chi connectivity index (χ4n) is 5.51. The van der Waals surface area contributed by atoms with Crippen molar-refractivity contribution >= 4 is 17.5 Å². The molecule has 2 fully saturated rings. The Kier molecular flexibility index (Phi) is 7.32. The number of amides is 2. The topological polar surface area (TPSA) is 69.4 Å². The molecule has 0 N–H and O–H groups in total. The first-order valence-electron chi connectivity index (χ1n) is 13.1. The van der Waals surface area contributed by atoms with E-state index >= 15 is 0 Å². The maximum absolute atomic E-state index is 13.4. The van der Waals surface area contributed by atoms with Gasteiger partial charge in [0.05, 0.1) is 18.5 Å². The van der Waals surface area contributed by atoms with Gasteiger partial charge in [0.15, 0.2) is 0 Å². The molecule has 0 aliphatic carbocycles. The van der Waals surface area contributed by atoms with Gasteiger partial charge >= 0.3 is 0 Å². The van der Waals surface area contributed by atoms with Crippen LogP contribution >= 0.6 is 0 Å². The first-order valence-corrected chi connectivity index (χ1v) is 13.1. The normalized spacial score (nSPS) is 22.2. The van der Waals surface area contributed by atoms with Crippen LogP contribution in [0.5, 0.6) is 0 Å². The van der Waals surface area contributed by atoms with E-state index in [4.69, 9.17) is 9.52 Å². The van der Waals surface area contributed by atoms with Crippen molar-refractivity contribution in [2.45, 2.75) is 57.9 Å². The summed E-state index contributed by atoms with van der Waals surface area (Å²) in [7, 11) is 0. The van der Waals surface area contributed by atoms with E-state index in [1.54, 1.807) is 11.3 Å². The molecule has 1 aromatic heterocycles. The van der Waals surface area contributed by atoms with Gasteiger partial charge in [0.1, 0.15) is 11.8 Å². The Hall–Kier alpha value is -2.93.